The van der Waals surface area contributed by atoms with E-state index >= 15 is 0 Å². The van der Waals surface area contributed by atoms with Crippen molar-refractivity contribution in [3.05, 3.63) is 54.6 Å². The fourth-order valence-corrected chi connectivity index (χ4v) is 2.76. The first-order chi connectivity index (χ1) is 11.8. The molecule has 1 amide bonds. The van der Waals surface area contributed by atoms with Gasteiger partial charge in [0.2, 0.25) is 0 Å². The Hall–Kier alpha value is -2.69. The summed E-state index contributed by atoms with van der Waals surface area (Å²) in [6.07, 6.45) is -0.231. The molecule has 0 aromatic heterocycles. The Balaban J connectivity index is 1.69. The topological polar surface area (TPSA) is 42.0 Å². The molecule has 1 saturated heterocycles. The van der Waals surface area contributed by atoms with Crippen molar-refractivity contribution in [1.29, 1.82) is 0 Å². The first-order valence-electron chi connectivity index (χ1n) is 8.26. The molecule has 1 aliphatic rings. The van der Waals surface area contributed by atoms with Crippen LogP contribution in [0.2, 0.25) is 0 Å². The quantitative estimate of drug-likeness (QED) is 0.858. The molecule has 2 aromatic carbocycles. The number of piperazine rings is 1. The predicted octanol–water partition coefficient (Wildman–Crippen LogP) is 3.76. The van der Waals surface area contributed by atoms with E-state index in [9.17, 15) is 4.79 Å². The molecule has 0 unspecified atom stereocenters. The third kappa shape index (κ3) is 3.79. The van der Waals surface area contributed by atoms with E-state index in [-0.39, 0.29) is 6.09 Å². The lowest BCUT2D eigenvalue weighted by Crippen LogP contribution is -2.49. The molecule has 0 saturated carbocycles. The van der Waals surface area contributed by atoms with Crippen LogP contribution in [0, 0.1) is 0 Å². The van der Waals surface area contributed by atoms with Gasteiger partial charge >= 0.3 is 6.09 Å². The predicted molar refractivity (Wildman–Crippen MR) is 93.8 cm³/mol. The molecule has 0 spiro atoms. The van der Waals surface area contributed by atoms with Crippen molar-refractivity contribution in [2.75, 3.05) is 37.7 Å². The maximum absolute atomic E-state index is 11.8. The molecular formula is C19H22N2O3. The lowest BCUT2D eigenvalue weighted by Gasteiger charge is -2.36. The number of amides is 1. The second kappa shape index (κ2) is 7.73. The van der Waals surface area contributed by atoms with Crippen molar-refractivity contribution in [3.8, 4) is 11.5 Å². The smallest absolute Gasteiger partial charge is 0.409 e. The van der Waals surface area contributed by atoms with E-state index in [1.165, 1.54) is 0 Å². The van der Waals surface area contributed by atoms with Crippen molar-refractivity contribution in [3.63, 3.8) is 0 Å². The molecule has 126 valence electrons. The molecule has 1 aliphatic heterocycles. The molecule has 0 radical (unpaired) electrons. The third-order valence-corrected chi connectivity index (χ3v) is 3.98. The lowest BCUT2D eigenvalue weighted by atomic mass is 10.2. The van der Waals surface area contributed by atoms with Crippen LogP contribution in [0.4, 0.5) is 10.5 Å². The van der Waals surface area contributed by atoms with E-state index in [2.05, 4.69) is 11.0 Å². The van der Waals surface area contributed by atoms with Crippen LogP contribution >= 0.6 is 0 Å². The number of para-hydroxylation sites is 3. The summed E-state index contributed by atoms with van der Waals surface area (Å²) in [5.74, 6) is 1.64. The van der Waals surface area contributed by atoms with Gasteiger partial charge in [-0.05, 0) is 31.2 Å². The Kier molecular flexibility index (Phi) is 5.21. The van der Waals surface area contributed by atoms with Crippen LogP contribution in [-0.2, 0) is 4.74 Å². The summed E-state index contributed by atoms with van der Waals surface area (Å²) in [4.78, 5) is 15.8. The summed E-state index contributed by atoms with van der Waals surface area (Å²) in [5, 5.41) is 0. The SMILES string of the molecule is CCOC(=O)N1CCN(c2ccccc2Oc2ccccc2)CC1. The van der Waals surface area contributed by atoms with Gasteiger partial charge in [-0.15, -0.1) is 0 Å². The summed E-state index contributed by atoms with van der Waals surface area (Å²) < 4.78 is 11.1. The number of carbonyl (C=O) groups excluding carboxylic acids is 1. The standard InChI is InChI=1S/C19H22N2O3/c1-2-23-19(22)21-14-12-20(13-15-21)17-10-6-7-11-18(17)24-16-8-4-3-5-9-16/h3-11H,2,12-15H2,1H3. The van der Waals surface area contributed by atoms with Gasteiger partial charge in [0.05, 0.1) is 12.3 Å². The van der Waals surface area contributed by atoms with Crippen LogP contribution in [0.15, 0.2) is 54.6 Å². The van der Waals surface area contributed by atoms with Gasteiger partial charge in [0.15, 0.2) is 5.75 Å². The molecule has 24 heavy (non-hydrogen) atoms. The van der Waals surface area contributed by atoms with Crippen LogP contribution in [0.25, 0.3) is 0 Å². The highest BCUT2D eigenvalue weighted by Gasteiger charge is 2.23. The Labute approximate surface area is 142 Å². The number of anilines is 1. The van der Waals surface area contributed by atoms with Crippen LogP contribution in [0.5, 0.6) is 11.5 Å². The van der Waals surface area contributed by atoms with E-state index in [1.54, 1.807) is 4.90 Å². The number of hydrogen-bond donors (Lipinski definition) is 0. The Morgan fingerprint density at radius 1 is 0.958 bits per heavy atom. The summed E-state index contributed by atoms with van der Waals surface area (Å²) in [7, 11) is 0. The van der Waals surface area contributed by atoms with Crippen LogP contribution in [0.3, 0.4) is 0 Å². The Morgan fingerprint density at radius 3 is 2.33 bits per heavy atom. The fourth-order valence-electron chi connectivity index (χ4n) is 2.76. The fraction of sp³-hybridized carbons (Fsp3) is 0.316. The number of rotatable bonds is 4. The van der Waals surface area contributed by atoms with Gasteiger partial charge in [0.1, 0.15) is 5.75 Å². The summed E-state index contributed by atoms with van der Waals surface area (Å²) >= 11 is 0. The molecule has 0 atom stereocenters. The van der Waals surface area contributed by atoms with Crippen molar-refractivity contribution in [2.24, 2.45) is 0 Å². The molecule has 3 rings (SSSR count). The second-order valence-electron chi connectivity index (χ2n) is 5.56. The molecule has 0 bridgehead atoms. The van der Waals surface area contributed by atoms with Crippen LogP contribution in [0.1, 0.15) is 6.92 Å². The number of hydrogen-bond acceptors (Lipinski definition) is 4. The summed E-state index contributed by atoms with van der Waals surface area (Å²) in [6.45, 7) is 5.05. The van der Waals surface area contributed by atoms with E-state index < -0.39 is 0 Å². The van der Waals surface area contributed by atoms with Crippen molar-refractivity contribution < 1.29 is 14.3 Å². The van der Waals surface area contributed by atoms with Crippen molar-refractivity contribution in [1.82, 2.24) is 4.90 Å². The van der Waals surface area contributed by atoms with Crippen molar-refractivity contribution in [2.45, 2.75) is 6.92 Å². The van der Waals surface area contributed by atoms with Crippen LogP contribution in [-0.4, -0.2) is 43.8 Å². The van der Waals surface area contributed by atoms with Gasteiger partial charge in [-0.3, -0.25) is 0 Å². The largest absolute Gasteiger partial charge is 0.455 e. The van der Waals surface area contributed by atoms with Crippen LogP contribution < -0.4 is 9.64 Å². The normalized spacial score (nSPS) is 14.4. The van der Waals surface area contributed by atoms with E-state index in [4.69, 9.17) is 9.47 Å². The second-order valence-corrected chi connectivity index (χ2v) is 5.56. The molecular weight excluding hydrogens is 304 g/mol. The maximum Gasteiger partial charge on any atom is 0.409 e. The molecule has 1 heterocycles. The highest BCUT2D eigenvalue weighted by molar-refractivity contribution is 5.68. The average molecular weight is 326 g/mol. The minimum atomic E-state index is -0.231. The summed E-state index contributed by atoms with van der Waals surface area (Å²) in [5.41, 5.74) is 1.05. The monoisotopic (exact) mass is 326 g/mol. The molecule has 2 aromatic rings. The first-order valence-corrected chi connectivity index (χ1v) is 8.26. The minimum absolute atomic E-state index is 0.231. The number of ether oxygens (including phenoxy) is 2. The molecule has 5 nitrogen and oxygen atoms in total. The summed E-state index contributed by atoms with van der Waals surface area (Å²) in [6, 6.07) is 17.8. The zero-order chi connectivity index (χ0) is 16.8. The Morgan fingerprint density at radius 2 is 1.62 bits per heavy atom. The van der Waals surface area contributed by atoms with Gasteiger partial charge in [0.25, 0.3) is 0 Å². The van der Waals surface area contributed by atoms with E-state index in [0.717, 1.165) is 30.3 Å². The van der Waals surface area contributed by atoms with Gasteiger partial charge < -0.3 is 19.3 Å². The van der Waals surface area contributed by atoms with Gasteiger partial charge in [-0.1, -0.05) is 30.3 Å². The van der Waals surface area contributed by atoms with Gasteiger partial charge in [0, 0.05) is 26.2 Å². The molecule has 0 N–H and O–H groups in total. The Bertz CT molecular complexity index is 667. The van der Waals surface area contributed by atoms with Gasteiger partial charge in [-0.25, -0.2) is 4.79 Å². The zero-order valence-corrected chi connectivity index (χ0v) is 13.9. The number of benzene rings is 2. The van der Waals surface area contributed by atoms with E-state index in [1.807, 2.05) is 55.5 Å². The van der Waals surface area contributed by atoms with Gasteiger partial charge in [-0.2, -0.15) is 0 Å². The molecule has 5 heteroatoms. The number of carbonyl (C=O) groups is 1. The highest BCUT2D eigenvalue weighted by Crippen LogP contribution is 2.32. The molecule has 1 fully saturated rings. The number of nitrogens with zero attached hydrogens (tertiary/aromatic N) is 2. The maximum atomic E-state index is 11.8. The average Bonchev–Trinajstić information content (AvgIpc) is 2.63. The lowest BCUT2D eigenvalue weighted by molar-refractivity contribution is 0.105. The molecule has 0 aliphatic carbocycles. The first kappa shape index (κ1) is 16.2. The highest BCUT2D eigenvalue weighted by atomic mass is 16.6. The van der Waals surface area contributed by atoms with Crippen molar-refractivity contribution >= 4 is 11.8 Å². The van der Waals surface area contributed by atoms with E-state index in [0.29, 0.717) is 19.7 Å². The third-order valence-electron chi connectivity index (χ3n) is 3.98. The minimum Gasteiger partial charge on any atom is -0.455 e. The zero-order valence-electron chi connectivity index (χ0n) is 13.9.